The van der Waals surface area contributed by atoms with Crippen LogP contribution in [0, 0.1) is 0 Å². The number of rotatable bonds is 4. The molecular formula is C13H14BrN3O2. The molecule has 0 saturated carbocycles. The van der Waals surface area contributed by atoms with Gasteiger partial charge in [0.1, 0.15) is 0 Å². The van der Waals surface area contributed by atoms with Crippen LogP contribution in [0.3, 0.4) is 0 Å². The molecule has 2 N–H and O–H groups in total. The van der Waals surface area contributed by atoms with Crippen molar-refractivity contribution in [2.24, 2.45) is 0 Å². The van der Waals surface area contributed by atoms with Crippen molar-refractivity contribution < 1.29 is 9.47 Å². The van der Waals surface area contributed by atoms with Crippen LogP contribution in [0.25, 0.3) is 0 Å². The largest absolute Gasteiger partial charge is 0.454 e. The number of aromatic nitrogens is 2. The smallest absolute Gasteiger partial charge is 0.231 e. The Morgan fingerprint density at radius 1 is 1.42 bits per heavy atom. The van der Waals surface area contributed by atoms with Crippen LogP contribution >= 0.6 is 15.9 Å². The lowest BCUT2D eigenvalue weighted by molar-refractivity contribution is 0.174. The van der Waals surface area contributed by atoms with Crippen LogP contribution in [-0.2, 0) is 6.54 Å². The first-order chi connectivity index (χ1) is 9.24. The number of H-pyrrole nitrogens is 1. The lowest BCUT2D eigenvalue weighted by Gasteiger charge is -2.13. The fourth-order valence-corrected chi connectivity index (χ4v) is 2.44. The Bertz CT molecular complexity index is 572. The van der Waals surface area contributed by atoms with Gasteiger partial charge in [-0.25, -0.2) is 0 Å². The predicted octanol–water partition coefficient (Wildman–Crippen LogP) is 2.75. The molecule has 0 radical (unpaired) electrons. The van der Waals surface area contributed by atoms with E-state index in [2.05, 4.69) is 38.4 Å². The first-order valence-electron chi connectivity index (χ1n) is 6.04. The molecule has 100 valence electrons. The molecule has 5 nitrogen and oxygen atoms in total. The minimum atomic E-state index is 0.232. The van der Waals surface area contributed by atoms with E-state index >= 15 is 0 Å². The summed E-state index contributed by atoms with van der Waals surface area (Å²) in [4.78, 5) is 0. The molecular weight excluding hydrogens is 310 g/mol. The number of aromatic amines is 1. The third-order valence-corrected chi connectivity index (χ3v) is 3.90. The Hall–Kier alpha value is -1.53. The Balaban J connectivity index is 1.70. The van der Waals surface area contributed by atoms with E-state index in [-0.39, 0.29) is 6.04 Å². The first kappa shape index (κ1) is 12.5. The van der Waals surface area contributed by atoms with Gasteiger partial charge in [0.15, 0.2) is 11.5 Å². The standard InChI is InChI=1S/C13H14BrN3O2/c1-8(10-5-16-17-6-10)15-4-9-2-12-13(3-11(9)14)19-7-18-12/h2-3,5-6,8,15H,4,7H2,1H3,(H,16,17). The second-order valence-electron chi connectivity index (χ2n) is 4.43. The number of hydrogen-bond acceptors (Lipinski definition) is 4. The average Bonchev–Trinajstić information content (AvgIpc) is 3.06. The van der Waals surface area contributed by atoms with Gasteiger partial charge < -0.3 is 14.8 Å². The lowest BCUT2D eigenvalue weighted by Crippen LogP contribution is -2.17. The third-order valence-electron chi connectivity index (χ3n) is 3.16. The van der Waals surface area contributed by atoms with Crippen LogP contribution in [0.15, 0.2) is 29.0 Å². The molecule has 1 aliphatic heterocycles. The van der Waals surface area contributed by atoms with E-state index in [1.165, 1.54) is 0 Å². The number of ether oxygens (including phenoxy) is 2. The van der Waals surface area contributed by atoms with E-state index < -0.39 is 0 Å². The third kappa shape index (κ3) is 2.59. The highest BCUT2D eigenvalue weighted by Crippen LogP contribution is 2.37. The van der Waals surface area contributed by atoms with Crippen molar-refractivity contribution in [1.29, 1.82) is 0 Å². The maximum atomic E-state index is 5.39. The zero-order valence-electron chi connectivity index (χ0n) is 10.4. The fourth-order valence-electron chi connectivity index (χ4n) is 1.97. The van der Waals surface area contributed by atoms with Crippen LogP contribution in [0.5, 0.6) is 11.5 Å². The Labute approximate surface area is 119 Å². The van der Waals surface area contributed by atoms with Gasteiger partial charge in [0.05, 0.1) is 6.20 Å². The molecule has 1 aromatic carbocycles. The molecule has 0 amide bonds. The van der Waals surface area contributed by atoms with E-state index in [1.807, 2.05) is 24.5 Å². The maximum absolute atomic E-state index is 5.39. The number of fused-ring (bicyclic) bond motifs is 1. The van der Waals surface area contributed by atoms with Crippen molar-refractivity contribution in [1.82, 2.24) is 15.5 Å². The molecule has 19 heavy (non-hydrogen) atoms. The summed E-state index contributed by atoms with van der Waals surface area (Å²) in [7, 11) is 0. The molecule has 3 rings (SSSR count). The van der Waals surface area contributed by atoms with Crippen LogP contribution in [0.2, 0.25) is 0 Å². The topological polar surface area (TPSA) is 59.2 Å². The summed E-state index contributed by atoms with van der Waals surface area (Å²) in [5.41, 5.74) is 2.27. The Morgan fingerprint density at radius 2 is 2.21 bits per heavy atom. The summed E-state index contributed by atoms with van der Waals surface area (Å²) in [5, 5.41) is 10.2. The molecule has 0 saturated heterocycles. The minimum absolute atomic E-state index is 0.232. The summed E-state index contributed by atoms with van der Waals surface area (Å²) in [6, 6.07) is 4.18. The number of nitrogens with zero attached hydrogens (tertiary/aromatic N) is 1. The second-order valence-corrected chi connectivity index (χ2v) is 5.29. The fraction of sp³-hybridized carbons (Fsp3) is 0.308. The first-order valence-corrected chi connectivity index (χ1v) is 6.83. The molecule has 0 bridgehead atoms. The summed E-state index contributed by atoms with van der Waals surface area (Å²) >= 11 is 3.55. The van der Waals surface area contributed by atoms with Gasteiger partial charge in [-0.3, -0.25) is 5.10 Å². The number of halogens is 1. The van der Waals surface area contributed by atoms with E-state index in [4.69, 9.17) is 9.47 Å². The van der Waals surface area contributed by atoms with Gasteiger partial charge in [0.25, 0.3) is 0 Å². The van der Waals surface area contributed by atoms with Crippen molar-refractivity contribution in [3.05, 3.63) is 40.1 Å². The van der Waals surface area contributed by atoms with Crippen LogP contribution in [0.4, 0.5) is 0 Å². The lowest BCUT2D eigenvalue weighted by atomic mass is 10.1. The van der Waals surface area contributed by atoms with Crippen molar-refractivity contribution in [3.8, 4) is 11.5 Å². The molecule has 2 aromatic rings. The summed E-state index contributed by atoms with van der Waals surface area (Å²) in [6.07, 6.45) is 3.72. The maximum Gasteiger partial charge on any atom is 0.231 e. The van der Waals surface area contributed by atoms with Crippen LogP contribution < -0.4 is 14.8 Å². The van der Waals surface area contributed by atoms with E-state index in [1.54, 1.807) is 0 Å². The van der Waals surface area contributed by atoms with Gasteiger partial charge in [-0.05, 0) is 24.6 Å². The molecule has 1 unspecified atom stereocenters. The molecule has 0 aliphatic carbocycles. The average molecular weight is 324 g/mol. The van der Waals surface area contributed by atoms with Crippen LogP contribution in [-0.4, -0.2) is 17.0 Å². The van der Waals surface area contributed by atoms with Gasteiger partial charge in [-0.2, -0.15) is 5.10 Å². The Kier molecular flexibility index (Phi) is 3.44. The molecule has 0 spiro atoms. The molecule has 2 heterocycles. The highest BCUT2D eigenvalue weighted by Gasteiger charge is 2.16. The molecule has 0 fully saturated rings. The molecule has 6 heteroatoms. The summed E-state index contributed by atoms with van der Waals surface area (Å²) < 4.78 is 11.7. The van der Waals surface area contributed by atoms with Gasteiger partial charge in [-0.15, -0.1) is 0 Å². The monoisotopic (exact) mass is 323 g/mol. The zero-order chi connectivity index (χ0) is 13.2. The molecule has 1 aliphatic rings. The van der Waals surface area contributed by atoms with Crippen LogP contribution in [0.1, 0.15) is 24.1 Å². The van der Waals surface area contributed by atoms with Crippen molar-refractivity contribution >= 4 is 15.9 Å². The highest BCUT2D eigenvalue weighted by molar-refractivity contribution is 9.10. The van der Waals surface area contributed by atoms with Gasteiger partial charge in [-0.1, -0.05) is 15.9 Å². The highest BCUT2D eigenvalue weighted by atomic mass is 79.9. The predicted molar refractivity (Wildman–Crippen MR) is 74.1 cm³/mol. The van der Waals surface area contributed by atoms with Gasteiger partial charge in [0.2, 0.25) is 6.79 Å². The van der Waals surface area contributed by atoms with Crippen molar-refractivity contribution in [2.45, 2.75) is 19.5 Å². The number of nitrogens with one attached hydrogen (secondary N) is 2. The zero-order valence-corrected chi connectivity index (χ0v) is 12.0. The van der Waals surface area contributed by atoms with Gasteiger partial charge in [0, 0.05) is 28.8 Å². The van der Waals surface area contributed by atoms with E-state index in [0.29, 0.717) is 6.79 Å². The van der Waals surface area contributed by atoms with E-state index in [0.717, 1.165) is 33.6 Å². The SMILES string of the molecule is CC(NCc1cc2c(cc1Br)OCO2)c1cn[nH]c1. The Morgan fingerprint density at radius 3 is 2.95 bits per heavy atom. The van der Waals surface area contributed by atoms with Crippen molar-refractivity contribution in [3.63, 3.8) is 0 Å². The number of benzene rings is 1. The van der Waals surface area contributed by atoms with Crippen molar-refractivity contribution in [2.75, 3.05) is 6.79 Å². The number of hydrogen-bond donors (Lipinski definition) is 2. The quantitative estimate of drug-likeness (QED) is 0.908. The normalized spacial score (nSPS) is 14.6. The minimum Gasteiger partial charge on any atom is -0.454 e. The summed E-state index contributed by atoms with van der Waals surface area (Å²) in [6.45, 7) is 3.14. The molecule has 1 aromatic heterocycles. The van der Waals surface area contributed by atoms with E-state index in [9.17, 15) is 0 Å². The summed E-state index contributed by atoms with van der Waals surface area (Å²) in [5.74, 6) is 1.59. The van der Waals surface area contributed by atoms with Gasteiger partial charge >= 0.3 is 0 Å². The molecule has 1 atom stereocenters. The second kappa shape index (κ2) is 5.22.